The summed E-state index contributed by atoms with van der Waals surface area (Å²) in [6.07, 6.45) is 1.53. The molecule has 0 aliphatic rings. The second-order valence-electron chi connectivity index (χ2n) is 5.40. The van der Waals surface area contributed by atoms with E-state index in [0.717, 1.165) is 0 Å². The molecular formula is C14H20FN3O2S. The first-order chi connectivity index (χ1) is 9.73. The van der Waals surface area contributed by atoms with E-state index < -0.39 is 15.8 Å². The fraction of sp³-hybridized carbons (Fsp3) is 0.429. The van der Waals surface area contributed by atoms with E-state index in [1.807, 2.05) is 19.0 Å². The zero-order valence-corrected chi connectivity index (χ0v) is 13.5. The van der Waals surface area contributed by atoms with Gasteiger partial charge in [-0.3, -0.25) is 0 Å². The molecule has 0 bridgehead atoms. The minimum Gasteiger partial charge on any atom is -0.349 e. The molecule has 0 amide bonds. The number of likely N-dealkylation sites (N-methyl/N-ethyl adjacent to an activating group) is 2. The molecule has 1 aromatic carbocycles. The second-order valence-corrected chi connectivity index (χ2v) is 7.41. The molecule has 5 nitrogen and oxygen atoms in total. The minimum atomic E-state index is -3.64. The Balaban J connectivity index is 2.47. The van der Waals surface area contributed by atoms with Crippen LogP contribution >= 0.6 is 0 Å². The van der Waals surface area contributed by atoms with E-state index in [1.54, 1.807) is 17.7 Å². The molecule has 21 heavy (non-hydrogen) atoms. The third-order valence-corrected chi connectivity index (χ3v) is 5.35. The number of nitrogens with zero attached hydrogens (tertiary/aromatic N) is 3. The van der Waals surface area contributed by atoms with Gasteiger partial charge in [0.25, 0.3) is 0 Å². The van der Waals surface area contributed by atoms with Crippen LogP contribution in [0.4, 0.5) is 4.39 Å². The Hall–Kier alpha value is -1.44. The van der Waals surface area contributed by atoms with Crippen LogP contribution in [0.2, 0.25) is 0 Å². The third kappa shape index (κ3) is 3.09. The Morgan fingerprint density at radius 2 is 1.86 bits per heavy atom. The fourth-order valence-electron chi connectivity index (χ4n) is 2.16. The number of hydrogen-bond acceptors (Lipinski definition) is 3. The van der Waals surface area contributed by atoms with Crippen LogP contribution in [0.1, 0.15) is 0 Å². The number of sulfonamides is 1. The van der Waals surface area contributed by atoms with Gasteiger partial charge in [0.15, 0.2) is 0 Å². The number of rotatable bonds is 5. The average molecular weight is 313 g/mol. The van der Waals surface area contributed by atoms with Gasteiger partial charge in [0.05, 0.1) is 0 Å². The molecule has 0 saturated carbocycles. The molecule has 0 fully saturated rings. The lowest BCUT2D eigenvalue weighted by Gasteiger charge is -2.19. The van der Waals surface area contributed by atoms with Crippen LogP contribution in [-0.4, -0.2) is 56.4 Å². The Bertz CT molecular complexity index is 753. The van der Waals surface area contributed by atoms with Gasteiger partial charge in [0.2, 0.25) is 10.0 Å². The molecule has 1 heterocycles. The molecule has 0 aliphatic carbocycles. The lowest BCUT2D eigenvalue weighted by Crippen LogP contribution is -2.33. The SMILES string of the molecule is CN(C)CCN(C)S(=O)(=O)c1cn(C)c2ccc(F)cc12. The highest BCUT2D eigenvalue weighted by molar-refractivity contribution is 7.89. The molecule has 7 heteroatoms. The number of aryl methyl sites for hydroxylation is 1. The largest absolute Gasteiger partial charge is 0.349 e. The summed E-state index contributed by atoms with van der Waals surface area (Å²) in [6.45, 7) is 0.996. The van der Waals surface area contributed by atoms with Gasteiger partial charge in [-0.1, -0.05) is 0 Å². The van der Waals surface area contributed by atoms with E-state index >= 15 is 0 Å². The molecule has 0 saturated heterocycles. The average Bonchev–Trinajstić information content (AvgIpc) is 2.73. The summed E-state index contributed by atoms with van der Waals surface area (Å²) >= 11 is 0. The van der Waals surface area contributed by atoms with Crippen molar-refractivity contribution in [3.8, 4) is 0 Å². The molecule has 0 atom stereocenters. The summed E-state index contributed by atoms with van der Waals surface area (Å²) in [4.78, 5) is 2.05. The lowest BCUT2D eigenvalue weighted by atomic mass is 10.2. The van der Waals surface area contributed by atoms with Crippen molar-refractivity contribution in [2.75, 3.05) is 34.2 Å². The smallest absolute Gasteiger partial charge is 0.244 e. The van der Waals surface area contributed by atoms with Crippen LogP contribution in [0.25, 0.3) is 10.9 Å². The minimum absolute atomic E-state index is 0.140. The summed E-state index contributed by atoms with van der Waals surface area (Å²) in [6, 6.07) is 4.18. The maximum Gasteiger partial charge on any atom is 0.244 e. The molecule has 0 unspecified atom stereocenters. The first kappa shape index (κ1) is 15.9. The van der Waals surface area contributed by atoms with Gasteiger partial charge < -0.3 is 9.47 Å². The van der Waals surface area contributed by atoms with Gasteiger partial charge >= 0.3 is 0 Å². The highest BCUT2D eigenvalue weighted by Crippen LogP contribution is 2.27. The van der Waals surface area contributed by atoms with Crippen LogP contribution < -0.4 is 0 Å². The predicted octanol–water partition coefficient (Wildman–Crippen LogP) is 1.50. The monoisotopic (exact) mass is 313 g/mol. The zero-order valence-electron chi connectivity index (χ0n) is 12.7. The van der Waals surface area contributed by atoms with Gasteiger partial charge in [0.1, 0.15) is 10.7 Å². The highest BCUT2D eigenvalue weighted by Gasteiger charge is 2.25. The highest BCUT2D eigenvalue weighted by atomic mass is 32.2. The third-order valence-electron chi connectivity index (χ3n) is 3.47. The molecule has 0 N–H and O–H groups in total. The lowest BCUT2D eigenvalue weighted by molar-refractivity contribution is 0.358. The Kier molecular flexibility index (Phi) is 4.36. The van der Waals surface area contributed by atoms with Crippen LogP contribution in [-0.2, 0) is 17.1 Å². The molecule has 1 aromatic heterocycles. The Labute approximate surface area is 124 Å². The molecule has 116 valence electrons. The van der Waals surface area contributed by atoms with Gasteiger partial charge in [-0.15, -0.1) is 0 Å². The van der Waals surface area contributed by atoms with E-state index in [4.69, 9.17) is 0 Å². The van der Waals surface area contributed by atoms with Crippen molar-refractivity contribution < 1.29 is 12.8 Å². The molecule has 2 rings (SSSR count). The number of fused-ring (bicyclic) bond motifs is 1. The van der Waals surface area contributed by atoms with E-state index in [-0.39, 0.29) is 4.90 Å². The first-order valence-corrected chi connectivity index (χ1v) is 8.03. The van der Waals surface area contributed by atoms with E-state index in [2.05, 4.69) is 0 Å². The number of benzene rings is 1. The van der Waals surface area contributed by atoms with Crippen molar-refractivity contribution >= 4 is 20.9 Å². The van der Waals surface area contributed by atoms with Gasteiger partial charge in [-0.05, 0) is 32.3 Å². The van der Waals surface area contributed by atoms with E-state index in [9.17, 15) is 12.8 Å². The van der Waals surface area contributed by atoms with Crippen molar-refractivity contribution in [2.24, 2.45) is 7.05 Å². The van der Waals surface area contributed by atoms with Crippen LogP contribution in [0, 0.1) is 5.82 Å². The molecule has 2 aromatic rings. The van der Waals surface area contributed by atoms with E-state index in [1.165, 1.54) is 29.7 Å². The van der Waals surface area contributed by atoms with Gasteiger partial charge in [-0.25, -0.2) is 12.8 Å². The van der Waals surface area contributed by atoms with Crippen molar-refractivity contribution in [1.29, 1.82) is 0 Å². The number of hydrogen-bond donors (Lipinski definition) is 0. The summed E-state index contributed by atoms with van der Waals surface area (Å²) in [5.74, 6) is -0.443. The number of aromatic nitrogens is 1. The van der Waals surface area contributed by atoms with Gasteiger partial charge in [-0.2, -0.15) is 4.31 Å². The molecule has 0 spiro atoms. The van der Waals surface area contributed by atoms with Gasteiger partial charge in [0, 0.05) is 44.3 Å². The first-order valence-electron chi connectivity index (χ1n) is 6.59. The zero-order chi connectivity index (χ0) is 15.8. The van der Waals surface area contributed by atoms with Crippen LogP contribution in [0.3, 0.4) is 0 Å². The standard InChI is InChI=1S/C14H20FN3O2S/c1-16(2)7-8-18(4)21(19,20)14-10-17(3)13-6-5-11(15)9-12(13)14/h5-6,9-10H,7-8H2,1-4H3. The number of halogens is 1. The summed E-state index contributed by atoms with van der Waals surface area (Å²) in [5.41, 5.74) is 0.691. The predicted molar refractivity (Wildman–Crippen MR) is 81.2 cm³/mol. The summed E-state index contributed by atoms with van der Waals surface area (Å²) in [5, 5.41) is 0.411. The van der Waals surface area contributed by atoms with E-state index in [0.29, 0.717) is 24.0 Å². The maximum atomic E-state index is 13.4. The van der Waals surface area contributed by atoms with Crippen LogP contribution in [0.15, 0.2) is 29.3 Å². The maximum absolute atomic E-state index is 13.4. The Morgan fingerprint density at radius 3 is 2.48 bits per heavy atom. The van der Waals surface area contributed by atoms with Crippen molar-refractivity contribution in [1.82, 2.24) is 13.8 Å². The second kappa shape index (κ2) is 5.75. The van der Waals surface area contributed by atoms with Crippen LogP contribution in [0.5, 0.6) is 0 Å². The normalized spacial score (nSPS) is 12.7. The molecule has 0 radical (unpaired) electrons. The summed E-state index contributed by atoms with van der Waals surface area (Å²) < 4.78 is 41.7. The van der Waals surface area contributed by atoms with Crippen molar-refractivity contribution in [3.05, 3.63) is 30.2 Å². The quantitative estimate of drug-likeness (QED) is 0.840. The fourth-order valence-corrected chi connectivity index (χ4v) is 3.55. The molecular weight excluding hydrogens is 293 g/mol. The Morgan fingerprint density at radius 1 is 1.19 bits per heavy atom. The van der Waals surface area contributed by atoms with Crippen molar-refractivity contribution in [2.45, 2.75) is 4.90 Å². The summed E-state index contributed by atoms with van der Waals surface area (Å²) in [7, 11) is 3.42. The van der Waals surface area contributed by atoms with Crippen molar-refractivity contribution in [3.63, 3.8) is 0 Å². The topological polar surface area (TPSA) is 45.6 Å². The molecule has 0 aliphatic heterocycles.